The van der Waals surface area contributed by atoms with Gasteiger partial charge in [-0.1, -0.05) is 12.1 Å². The second kappa shape index (κ2) is 11.3. The summed E-state index contributed by atoms with van der Waals surface area (Å²) < 4.78 is 15.3. The van der Waals surface area contributed by atoms with Gasteiger partial charge < -0.3 is 30.6 Å². The zero-order valence-corrected chi connectivity index (χ0v) is 16.9. The highest BCUT2D eigenvalue weighted by Crippen LogP contribution is 2.31. The maximum absolute atomic E-state index is 11.6. The van der Waals surface area contributed by atoms with Crippen LogP contribution in [0.5, 0.6) is 5.75 Å². The highest BCUT2D eigenvalue weighted by molar-refractivity contribution is 5.91. The number of nitrogens with one attached hydrogen (secondary N) is 2. The van der Waals surface area contributed by atoms with Crippen LogP contribution in [0.25, 0.3) is 0 Å². The number of pyridine rings is 1. The SMILES string of the molecule is CCOC(=O)OC(C)Oc1ccccc1N=Nc1ccc(NC(=O)CNC)nc1N. The first-order valence-electron chi connectivity index (χ1n) is 9.14. The van der Waals surface area contributed by atoms with E-state index in [1.807, 2.05) is 0 Å². The molecule has 1 atom stereocenters. The number of nitrogens with zero attached hydrogens (tertiary/aromatic N) is 3. The summed E-state index contributed by atoms with van der Waals surface area (Å²) in [4.78, 5) is 27.1. The quantitative estimate of drug-likeness (QED) is 0.320. The number of nitrogen functional groups attached to an aromatic ring is 1. The minimum Gasteiger partial charge on any atom is -0.453 e. The molecule has 1 amide bonds. The number of aromatic nitrogens is 1. The van der Waals surface area contributed by atoms with E-state index < -0.39 is 12.4 Å². The lowest BCUT2D eigenvalue weighted by molar-refractivity contribution is -0.115. The molecule has 11 nitrogen and oxygen atoms in total. The lowest BCUT2D eigenvalue weighted by Crippen LogP contribution is -2.25. The number of para-hydroxylation sites is 1. The Balaban J connectivity index is 2.09. The Morgan fingerprint density at radius 1 is 1.17 bits per heavy atom. The van der Waals surface area contributed by atoms with E-state index in [4.69, 9.17) is 19.9 Å². The zero-order valence-electron chi connectivity index (χ0n) is 16.9. The minimum atomic E-state index is -0.896. The molecule has 2 aromatic rings. The fourth-order valence-corrected chi connectivity index (χ4v) is 2.21. The van der Waals surface area contributed by atoms with Crippen molar-refractivity contribution in [1.29, 1.82) is 0 Å². The van der Waals surface area contributed by atoms with Crippen molar-refractivity contribution in [3.63, 3.8) is 0 Å². The minimum absolute atomic E-state index is 0.0958. The van der Waals surface area contributed by atoms with E-state index in [1.165, 1.54) is 0 Å². The first-order chi connectivity index (χ1) is 14.4. The van der Waals surface area contributed by atoms with Crippen LogP contribution in [0.3, 0.4) is 0 Å². The van der Waals surface area contributed by atoms with E-state index in [2.05, 4.69) is 25.8 Å². The Morgan fingerprint density at radius 2 is 1.90 bits per heavy atom. The van der Waals surface area contributed by atoms with Crippen LogP contribution in [0.4, 0.5) is 27.8 Å². The van der Waals surface area contributed by atoms with Crippen LogP contribution >= 0.6 is 0 Å². The molecule has 1 aromatic carbocycles. The van der Waals surface area contributed by atoms with Crippen LogP contribution in [0.2, 0.25) is 0 Å². The van der Waals surface area contributed by atoms with Crippen molar-refractivity contribution in [3.05, 3.63) is 36.4 Å². The van der Waals surface area contributed by atoms with Crippen LogP contribution < -0.4 is 21.1 Å². The number of ether oxygens (including phenoxy) is 3. The Kier molecular flexibility index (Phi) is 8.51. The number of hydrogen-bond donors (Lipinski definition) is 3. The van der Waals surface area contributed by atoms with Gasteiger partial charge in [0, 0.05) is 6.92 Å². The lowest BCUT2D eigenvalue weighted by Gasteiger charge is -2.15. The average Bonchev–Trinajstić information content (AvgIpc) is 2.68. The Labute approximate surface area is 173 Å². The normalized spacial score (nSPS) is 11.7. The monoisotopic (exact) mass is 416 g/mol. The summed E-state index contributed by atoms with van der Waals surface area (Å²) in [5.74, 6) is 0.503. The number of amides is 1. The molecule has 0 bridgehead atoms. The lowest BCUT2D eigenvalue weighted by atomic mass is 10.3. The molecule has 0 saturated heterocycles. The van der Waals surface area contributed by atoms with Gasteiger partial charge in [0.05, 0.1) is 13.2 Å². The van der Waals surface area contributed by atoms with E-state index in [0.717, 1.165) is 0 Å². The maximum Gasteiger partial charge on any atom is 0.511 e. The molecular weight excluding hydrogens is 392 g/mol. The number of hydrogen-bond acceptors (Lipinski definition) is 10. The third-order valence-corrected chi connectivity index (χ3v) is 3.46. The van der Waals surface area contributed by atoms with Crippen LogP contribution in [-0.4, -0.2) is 43.5 Å². The van der Waals surface area contributed by atoms with Gasteiger partial charge in [-0.05, 0) is 38.2 Å². The van der Waals surface area contributed by atoms with Crippen molar-refractivity contribution in [3.8, 4) is 5.75 Å². The molecule has 2 rings (SSSR count). The van der Waals surface area contributed by atoms with Gasteiger partial charge in [0.2, 0.25) is 12.2 Å². The summed E-state index contributed by atoms with van der Waals surface area (Å²) in [5, 5.41) is 13.6. The summed E-state index contributed by atoms with van der Waals surface area (Å²) >= 11 is 0. The van der Waals surface area contributed by atoms with Crippen molar-refractivity contribution in [2.24, 2.45) is 10.2 Å². The predicted molar refractivity (Wildman–Crippen MR) is 110 cm³/mol. The number of carbonyl (C=O) groups is 2. The zero-order chi connectivity index (χ0) is 21.9. The smallest absolute Gasteiger partial charge is 0.453 e. The Hall–Kier alpha value is -3.73. The van der Waals surface area contributed by atoms with Gasteiger partial charge in [-0.3, -0.25) is 4.79 Å². The fourth-order valence-electron chi connectivity index (χ4n) is 2.21. The van der Waals surface area contributed by atoms with Crippen molar-refractivity contribution in [2.45, 2.75) is 20.1 Å². The van der Waals surface area contributed by atoms with Gasteiger partial charge in [-0.2, -0.15) is 0 Å². The number of likely N-dealkylation sites (N-methyl/N-ethyl adjacent to an activating group) is 1. The average molecular weight is 416 g/mol. The number of anilines is 2. The highest BCUT2D eigenvalue weighted by Gasteiger charge is 2.13. The molecule has 0 fully saturated rings. The summed E-state index contributed by atoms with van der Waals surface area (Å²) in [6.07, 6.45) is -1.72. The van der Waals surface area contributed by atoms with Gasteiger partial charge in [0.25, 0.3) is 0 Å². The molecule has 0 spiro atoms. The topological polar surface area (TPSA) is 150 Å². The molecular formula is C19H24N6O5. The molecule has 1 heterocycles. The highest BCUT2D eigenvalue weighted by atomic mass is 16.8. The van der Waals surface area contributed by atoms with E-state index in [9.17, 15) is 9.59 Å². The van der Waals surface area contributed by atoms with Gasteiger partial charge in [0.15, 0.2) is 11.6 Å². The molecule has 0 aliphatic rings. The summed E-state index contributed by atoms with van der Waals surface area (Å²) in [5.41, 5.74) is 6.61. The van der Waals surface area contributed by atoms with Gasteiger partial charge >= 0.3 is 6.16 Å². The molecule has 1 unspecified atom stereocenters. The Morgan fingerprint density at radius 3 is 2.60 bits per heavy atom. The molecule has 0 saturated carbocycles. The molecule has 160 valence electrons. The predicted octanol–water partition coefficient (Wildman–Crippen LogP) is 3.14. The first-order valence-corrected chi connectivity index (χ1v) is 9.14. The third-order valence-electron chi connectivity index (χ3n) is 3.46. The second-order valence-corrected chi connectivity index (χ2v) is 5.83. The number of benzene rings is 1. The molecule has 4 N–H and O–H groups in total. The van der Waals surface area contributed by atoms with E-state index in [1.54, 1.807) is 57.3 Å². The Bertz CT molecular complexity index is 905. The number of azo groups is 1. The van der Waals surface area contributed by atoms with Crippen LogP contribution in [-0.2, 0) is 14.3 Å². The summed E-state index contributed by atoms with van der Waals surface area (Å²) in [6, 6.07) is 9.96. The molecule has 0 aliphatic heterocycles. The van der Waals surface area contributed by atoms with Crippen LogP contribution in [0.1, 0.15) is 13.8 Å². The number of nitrogens with two attached hydrogens (primary N) is 1. The second-order valence-electron chi connectivity index (χ2n) is 5.83. The first kappa shape index (κ1) is 22.6. The standard InChI is InChI=1S/C19H24N6O5/c1-4-28-19(27)30-12(2)29-15-8-6-5-7-13(15)24-25-14-9-10-16(23-18(14)20)22-17(26)11-21-3/h5-10,12,21H,4,11H2,1-3H3,(H3,20,22,23,26). The van der Waals surface area contributed by atoms with E-state index in [-0.39, 0.29) is 24.9 Å². The van der Waals surface area contributed by atoms with Gasteiger partial charge in [-0.15, -0.1) is 10.2 Å². The van der Waals surface area contributed by atoms with Crippen molar-refractivity contribution in [2.75, 3.05) is 31.2 Å². The van der Waals surface area contributed by atoms with Crippen molar-refractivity contribution >= 4 is 35.1 Å². The van der Waals surface area contributed by atoms with E-state index >= 15 is 0 Å². The van der Waals surface area contributed by atoms with Gasteiger partial charge in [0.1, 0.15) is 17.2 Å². The largest absolute Gasteiger partial charge is 0.511 e. The molecule has 1 aromatic heterocycles. The van der Waals surface area contributed by atoms with Gasteiger partial charge in [-0.25, -0.2) is 9.78 Å². The summed E-state index contributed by atoms with van der Waals surface area (Å²) in [7, 11) is 1.66. The fraction of sp³-hybridized carbons (Fsp3) is 0.316. The van der Waals surface area contributed by atoms with E-state index in [0.29, 0.717) is 22.9 Å². The number of rotatable bonds is 9. The molecule has 11 heteroatoms. The summed E-state index contributed by atoms with van der Waals surface area (Å²) in [6.45, 7) is 3.57. The number of carbonyl (C=O) groups excluding carboxylic acids is 2. The third kappa shape index (κ3) is 7.02. The molecule has 0 radical (unpaired) electrons. The van der Waals surface area contributed by atoms with Crippen LogP contribution in [0, 0.1) is 0 Å². The van der Waals surface area contributed by atoms with Crippen molar-refractivity contribution in [1.82, 2.24) is 10.3 Å². The molecule has 30 heavy (non-hydrogen) atoms. The van der Waals surface area contributed by atoms with Crippen molar-refractivity contribution < 1.29 is 23.8 Å². The van der Waals surface area contributed by atoms with Crippen LogP contribution in [0.15, 0.2) is 46.6 Å². The maximum atomic E-state index is 11.6. The molecule has 0 aliphatic carbocycles.